The van der Waals surface area contributed by atoms with Crippen molar-refractivity contribution in [2.75, 3.05) is 13.2 Å². The molecule has 1 aromatic rings. The van der Waals surface area contributed by atoms with Crippen LogP contribution in [-0.4, -0.2) is 25.0 Å². The summed E-state index contributed by atoms with van der Waals surface area (Å²) in [5.74, 6) is 0.900. The molecule has 4 atom stereocenters. The molecule has 4 heteroatoms. The van der Waals surface area contributed by atoms with Gasteiger partial charge in [-0.3, -0.25) is 9.59 Å². The molecule has 1 amide bonds. The summed E-state index contributed by atoms with van der Waals surface area (Å²) in [4.78, 5) is 25.0. The largest absolute Gasteiger partial charge is 0.455 e. The highest BCUT2D eigenvalue weighted by Crippen LogP contribution is 2.66. The number of hydrogen-bond acceptors (Lipinski definition) is 3. The van der Waals surface area contributed by atoms with Crippen molar-refractivity contribution < 1.29 is 14.3 Å². The van der Waals surface area contributed by atoms with Crippen LogP contribution >= 0.6 is 0 Å². The lowest BCUT2D eigenvalue weighted by Gasteiger charge is -2.61. The molecule has 0 spiro atoms. The normalized spacial score (nSPS) is 33.7. The second-order valence-electron chi connectivity index (χ2n) is 9.17. The monoisotopic (exact) mass is 369 g/mol. The quantitative estimate of drug-likeness (QED) is 0.584. The molecule has 4 saturated carbocycles. The number of esters is 1. The number of rotatable bonds is 7. The topological polar surface area (TPSA) is 55.4 Å². The number of ether oxygens (including phenoxy) is 1. The van der Waals surface area contributed by atoms with E-state index in [1.165, 1.54) is 24.8 Å². The van der Waals surface area contributed by atoms with Gasteiger partial charge in [0.1, 0.15) is 0 Å². The van der Waals surface area contributed by atoms with E-state index in [9.17, 15) is 9.59 Å². The van der Waals surface area contributed by atoms with E-state index >= 15 is 0 Å². The van der Waals surface area contributed by atoms with Gasteiger partial charge in [-0.1, -0.05) is 43.7 Å². The summed E-state index contributed by atoms with van der Waals surface area (Å²) in [6.07, 6.45) is 8.39. The highest BCUT2D eigenvalue weighted by atomic mass is 16.5. The van der Waals surface area contributed by atoms with E-state index in [0.29, 0.717) is 18.4 Å². The van der Waals surface area contributed by atoms with Crippen molar-refractivity contribution in [1.29, 1.82) is 0 Å². The zero-order valence-electron chi connectivity index (χ0n) is 16.3. The van der Waals surface area contributed by atoms with Gasteiger partial charge in [0.15, 0.2) is 6.61 Å². The van der Waals surface area contributed by atoms with Crippen LogP contribution in [0, 0.1) is 17.3 Å². The minimum atomic E-state index is -0.385. The molecule has 0 saturated heterocycles. The third-order valence-electron chi connectivity index (χ3n) is 7.07. The molecule has 1 aromatic carbocycles. The van der Waals surface area contributed by atoms with Crippen LogP contribution in [0.1, 0.15) is 63.9 Å². The molecule has 2 unspecified atom stereocenters. The van der Waals surface area contributed by atoms with Crippen molar-refractivity contribution in [3.63, 3.8) is 0 Å². The summed E-state index contributed by atoms with van der Waals surface area (Å²) in [5.41, 5.74) is 1.12. The van der Waals surface area contributed by atoms with Crippen molar-refractivity contribution in [2.45, 2.75) is 63.7 Å². The van der Waals surface area contributed by atoms with Crippen molar-refractivity contribution >= 4 is 11.9 Å². The minimum Gasteiger partial charge on any atom is -0.455 e. The summed E-state index contributed by atoms with van der Waals surface area (Å²) in [5, 5.41) is 2.83. The van der Waals surface area contributed by atoms with E-state index in [0.717, 1.165) is 32.1 Å². The third kappa shape index (κ3) is 3.51. The fourth-order valence-electron chi connectivity index (χ4n) is 6.37. The second-order valence-corrected chi connectivity index (χ2v) is 9.17. The number of unbranched alkanes of at least 4 members (excludes halogenated alkanes) is 1. The summed E-state index contributed by atoms with van der Waals surface area (Å²) in [6, 6.07) is 10.7. The Morgan fingerprint density at radius 1 is 1.11 bits per heavy atom. The molecule has 4 bridgehead atoms. The summed E-state index contributed by atoms with van der Waals surface area (Å²) >= 11 is 0. The number of hydrogen-bond donors (Lipinski definition) is 1. The lowest BCUT2D eigenvalue weighted by Crippen LogP contribution is -2.57. The number of amides is 1. The van der Waals surface area contributed by atoms with E-state index in [1.54, 1.807) is 0 Å². The van der Waals surface area contributed by atoms with Gasteiger partial charge in [0.05, 0.1) is 5.41 Å². The smallest absolute Gasteiger partial charge is 0.312 e. The zero-order valence-corrected chi connectivity index (χ0v) is 16.3. The average Bonchev–Trinajstić information content (AvgIpc) is 2.66. The molecule has 1 N–H and O–H groups in total. The standard InChI is InChI=1S/C23H31NO3/c1-2-3-9-24-20(25)15-27-21(26)23-13-17-10-18(14-23)12-22(11-17,16-23)19-7-5-4-6-8-19/h4-8,17-18H,2-3,9-16H2,1H3,(H,24,25)/t17-,18+,22?,23?. The van der Waals surface area contributed by atoms with Gasteiger partial charge < -0.3 is 10.1 Å². The first-order chi connectivity index (χ1) is 13.1. The van der Waals surface area contributed by atoms with E-state index < -0.39 is 0 Å². The highest BCUT2D eigenvalue weighted by Gasteiger charge is 2.61. The Kier molecular flexibility index (Phi) is 5.00. The van der Waals surface area contributed by atoms with Crippen molar-refractivity contribution in [2.24, 2.45) is 17.3 Å². The molecule has 4 fully saturated rings. The van der Waals surface area contributed by atoms with Gasteiger partial charge in [-0.25, -0.2) is 0 Å². The second kappa shape index (κ2) is 7.29. The maximum atomic E-state index is 13.1. The highest BCUT2D eigenvalue weighted by molar-refractivity contribution is 5.83. The van der Waals surface area contributed by atoms with Gasteiger partial charge in [0.2, 0.25) is 0 Å². The van der Waals surface area contributed by atoms with Crippen molar-refractivity contribution in [3.8, 4) is 0 Å². The maximum Gasteiger partial charge on any atom is 0.312 e. The summed E-state index contributed by atoms with van der Waals surface area (Å²) in [7, 11) is 0. The number of nitrogens with one attached hydrogen (secondary N) is 1. The fourth-order valence-corrected chi connectivity index (χ4v) is 6.37. The predicted molar refractivity (Wildman–Crippen MR) is 104 cm³/mol. The first kappa shape index (κ1) is 18.5. The minimum absolute atomic E-state index is 0.119. The Balaban J connectivity index is 1.46. The molecule has 4 nitrogen and oxygen atoms in total. The Labute approximate surface area is 162 Å². The summed E-state index contributed by atoms with van der Waals surface area (Å²) in [6.45, 7) is 2.60. The van der Waals surface area contributed by atoms with Crippen LogP contribution in [0.4, 0.5) is 0 Å². The van der Waals surface area contributed by atoms with Crippen molar-refractivity contribution in [3.05, 3.63) is 35.9 Å². The van der Waals surface area contributed by atoms with Gasteiger partial charge in [-0.2, -0.15) is 0 Å². The Bertz CT molecular complexity index is 685. The molecule has 0 heterocycles. The third-order valence-corrected chi connectivity index (χ3v) is 7.07. The van der Waals surface area contributed by atoms with E-state index in [4.69, 9.17) is 4.74 Å². The lowest BCUT2D eigenvalue weighted by atomic mass is 9.43. The van der Waals surface area contributed by atoms with E-state index in [2.05, 4.69) is 42.6 Å². The van der Waals surface area contributed by atoms with Crippen LogP contribution in [0.25, 0.3) is 0 Å². The average molecular weight is 370 g/mol. The SMILES string of the molecule is CCCCNC(=O)COC(=O)C12C[C@H]3C[C@@H](C1)CC(c1ccccc1)(C3)C2. The van der Waals surface area contributed by atoms with Gasteiger partial charge >= 0.3 is 5.97 Å². The van der Waals surface area contributed by atoms with Gasteiger partial charge in [-0.05, 0) is 67.8 Å². The zero-order chi connectivity index (χ0) is 18.9. The number of carbonyl (C=O) groups excluding carboxylic acids is 2. The van der Waals surface area contributed by atoms with Crippen molar-refractivity contribution in [1.82, 2.24) is 5.32 Å². The number of benzene rings is 1. The fraction of sp³-hybridized carbons (Fsp3) is 0.652. The molecular formula is C23H31NO3. The molecule has 4 aliphatic rings. The van der Waals surface area contributed by atoms with Crippen LogP contribution < -0.4 is 5.32 Å². The van der Waals surface area contributed by atoms with Gasteiger partial charge in [-0.15, -0.1) is 0 Å². The molecule has 0 aromatic heterocycles. The van der Waals surface area contributed by atoms with Crippen LogP contribution in [0.15, 0.2) is 30.3 Å². The van der Waals surface area contributed by atoms with E-state index in [1.807, 2.05) is 0 Å². The van der Waals surface area contributed by atoms with Crippen LogP contribution in [0.3, 0.4) is 0 Å². The molecular weight excluding hydrogens is 338 g/mol. The lowest BCUT2D eigenvalue weighted by molar-refractivity contribution is -0.175. The van der Waals surface area contributed by atoms with Crippen LogP contribution in [-0.2, 0) is 19.7 Å². The van der Waals surface area contributed by atoms with E-state index in [-0.39, 0.29) is 29.3 Å². The molecule has 4 aliphatic carbocycles. The first-order valence-electron chi connectivity index (χ1n) is 10.5. The Hall–Kier alpha value is -1.84. The maximum absolute atomic E-state index is 13.1. The summed E-state index contributed by atoms with van der Waals surface area (Å²) < 4.78 is 5.55. The van der Waals surface area contributed by atoms with Crippen LogP contribution in [0.2, 0.25) is 0 Å². The predicted octanol–water partition coefficient (Wildman–Crippen LogP) is 3.98. The van der Waals surface area contributed by atoms with Gasteiger partial charge in [0, 0.05) is 6.54 Å². The number of carbonyl (C=O) groups is 2. The van der Waals surface area contributed by atoms with Crippen LogP contribution in [0.5, 0.6) is 0 Å². The molecule has 0 aliphatic heterocycles. The molecule has 0 radical (unpaired) electrons. The Morgan fingerprint density at radius 3 is 2.48 bits per heavy atom. The first-order valence-corrected chi connectivity index (χ1v) is 10.5. The molecule has 5 rings (SSSR count). The van der Waals surface area contributed by atoms with Gasteiger partial charge in [0.25, 0.3) is 5.91 Å². The Morgan fingerprint density at radius 2 is 1.81 bits per heavy atom. The molecule has 27 heavy (non-hydrogen) atoms. The molecule has 146 valence electrons.